The number of anilines is 1. The largest absolute Gasteiger partial charge is 0.477 e. The van der Waals surface area contributed by atoms with Crippen LogP contribution < -0.4 is 5.73 Å². The summed E-state index contributed by atoms with van der Waals surface area (Å²) < 4.78 is 13.5. The zero-order valence-corrected chi connectivity index (χ0v) is 10.9. The molecule has 0 unspecified atom stereocenters. The second-order valence-electron chi connectivity index (χ2n) is 3.56. The van der Waals surface area contributed by atoms with Crippen LogP contribution in [0.2, 0.25) is 0 Å². The zero-order valence-electron chi connectivity index (χ0n) is 9.22. The fourth-order valence-electron chi connectivity index (χ4n) is 1.43. The van der Waals surface area contributed by atoms with Crippen molar-refractivity contribution in [1.29, 1.82) is 0 Å². The minimum Gasteiger partial charge on any atom is -0.477 e. The van der Waals surface area contributed by atoms with Crippen molar-refractivity contribution in [3.8, 4) is 0 Å². The lowest BCUT2D eigenvalue weighted by atomic mass is 10.3. The first-order valence-corrected chi connectivity index (χ1v) is 6.92. The Balaban J connectivity index is 2.11. The van der Waals surface area contributed by atoms with Gasteiger partial charge in [-0.2, -0.15) is 0 Å². The average Bonchev–Trinajstić information content (AvgIpc) is 2.76. The Morgan fingerprint density at radius 3 is 2.89 bits per heavy atom. The monoisotopic (exact) mass is 283 g/mol. The average molecular weight is 283 g/mol. The third kappa shape index (κ3) is 2.83. The van der Waals surface area contributed by atoms with Gasteiger partial charge in [-0.05, 0) is 35.2 Å². The Morgan fingerprint density at radius 2 is 2.22 bits per heavy atom. The number of carboxylic acids is 1. The molecule has 6 heteroatoms. The molecular weight excluding hydrogens is 273 g/mol. The summed E-state index contributed by atoms with van der Waals surface area (Å²) in [7, 11) is 0. The van der Waals surface area contributed by atoms with Crippen molar-refractivity contribution >= 4 is 34.8 Å². The Labute approximate surface area is 111 Å². The highest BCUT2D eigenvalue weighted by molar-refractivity contribution is 7.98. The summed E-state index contributed by atoms with van der Waals surface area (Å²) in [6.45, 7) is 0. The molecule has 0 bridgehead atoms. The van der Waals surface area contributed by atoms with E-state index < -0.39 is 5.97 Å². The first-order chi connectivity index (χ1) is 8.58. The smallest absolute Gasteiger partial charge is 0.346 e. The van der Waals surface area contributed by atoms with E-state index in [1.807, 2.05) is 0 Å². The van der Waals surface area contributed by atoms with Crippen LogP contribution in [0.15, 0.2) is 34.5 Å². The summed E-state index contributed by atoms with van der Waals surface area (Å²) in [6, 6.07) is 6.23. The lowest BCUT2D eigenvalue weighted by Gasteiger charge is -2.04. The number of carboxylic acid groups (broad SMARTS) is 1. The van der Waals surface area contributed by atoms with E-state index in [0.717, 1.165) is 0 Å². The van der Waals surface area contributed by atoms with Gasteiger partial charge in [-0.25, -0.2) is 9.18 Å². The molecule has 1 heterocycles. The molecule has 0 aliphatic heterocycles. The molecule has 0 aliphatic carbocycles. The van der Waals surface area contributed by atoms with Gasteiger partial charge < -0.3 is 10.8 Å². The standard InChI is InChI=1S/C12H10FNO2S2/c13-9-5-8(14)1-2-10(9)18-6-7-3-4-17-11(7)12(15)16/h1-5H,6,14H2,(H,15,16). The molecule has 1 aromatic heterocycles. The highest BCUT2D eigenvalue weighted by Crippen LogP contribution is 2.29. The van der Waals surface area contributed by atoms with Crippen molar-refractivity contribution in [1.82, 2.24) is 0 Å². The number of carbonyl (C=O) groups is 1. The van der Waals surface area contributed by atoms with Crippen molar-refractivity contribution < 1.29 is 14.3 Å². The van der Waals surface area contributed by atoms with Crippen molar-refractivity contribution in [2.75, 3.05) is 5.73 Å². The molecule has 2 rings (SSSR count). The van der Waals surface area contributed by atoms with Crippen LogP contribution in [-0.2, 0) is 5.75 Å². The normalized spacial score (nSPS) is 10.5. The predicted octanol–water partition coefficient (Wildman–Crippen LogP) is 3.46. The van der Waals surface area contributed by atoms with Crippen molar-refractivity contribution in [2.24, 2.45) is 0 Å². The minimum atomic E-state index is -0.946. The predicted molar refractivity (Wildman–Crippen MR) is 71.7 cm³/mol. The molecule has 1 aromatic carbocycles. The van der Waals surface area contributed by atoms with E-state index in [9.17, 15) is 9.18 Å². The number of thiophene rings is 1. The topological polar surface area (TPSA) is 63.3 Å². The van der Waals surface area contributed by atoms with Crippen LogP contribution in [0.25, 0.3) is 0 Å². The van der Waals surface area contributed by atoms with E-state index in [0.29, 0.717) is 26.8 Å². The fraction of sp³-hybridized carbons (Fsp3) is 0.0833. The molecule has 0 atom stereocenters. The van der Waals surface area contributed by atoms with Gasteiger partial charge in [0.05, 0.1) is 0 Å². The van der Waals surface area contributed by atoms with Gasteiger partial charge in [0.25, 0.3) is 0 Å². The molecule has 94 valence electrons. The first-order valence-electron chi connectivity index (χ1n) is 5.05. The molecule has 0 saturated heterocycles. The van der Waals surface area contributed by atoms with Gasteiger partial charge in [-0.1, -0.05) is 0 Å². The van der Waals surface area contributed by atoms with Gasteiger partial charge in [0.1, 0.15) is 10.7 Å². The van der Waals surface area contributed by atoms with Crippen LogP contribution in [0.3, 0.4) is 0 Å². The Kier molecular flexibility index (Phi) is 3.88. The third-order valence-electron chi connectivity index (χ3n) is 2.28. The van der Waals surface area contributed by atoms with Crippen molar-refractivity contribution in [3.05, 3.63) is 45.9 Å². The van der Waals surface area contributed by atoms with Crippen LogP contribution in [-0.4, -0.2) is 11.1 Å². The zero-order chi connectivity index (χ0) is 13.1. The Morgan fingerprint density at radius 1 is 1.44 bits per heavy atom. The molecule has 0 aliphatic rings. The van der Waals surface area contributed by atoms with Gasteiger partial charge in [-0.15, -0.1) is 23.1 Å². The minimum absolute atomic E-state index is 0.304. The number of halogens is 1. The fourth-order valence-corrected chi connectivity index (χ4v) is 3.19. The summed E-state index contributed by atoms with van der Waals surface area (Å²) in [5.74, 6) is -0.906. The lowest BCUT2D eigenvalue weighted by molar-refractivity contribution is 0.0701. The van der Waals surface area contributed by atoms with E-state index >= 15 is 0 Å². The van der Waals surface area contributed by atoms with Gasteiger partial charge in [0.2, 0.25) is 0 Å². The van der Waals surface area contributed by atoms with Crippen LogP contribution >= 0.6 is 23.1 Å². The number of nitrogen functional groups attached to an aromatic ring is 1. The van der Waals surface area contributed by atoms with E-state index in [1.54, 1.807) is 23.6 Å². The Bertz CT molecular complexity index is 583. The number of hydrogen-bond donors (Lipinski definition) is 2. The van der Waals surface area contributed by atoms with Gasteiger partial charge in [0.15, 0.2) is 0 Å². The first kappa shape index (κ1) is 12.9. The molecule has 3 nitrogen and oxygen atoms in total. The van der Waals surface area contributed by atoms with Crippen LogP contribution in [0.4, 0.5) is 10.1 Å². The number of benzene rings is 1. The van der Waals surface area contributed by atoms with Crippen molar-refractivity contribution in [2.45, 2.75) is 10.6 Å². The molecule has 0 fully saturated rings. The maximum atomic E-state index is 13.5. The molecule has 2 aromatic rings. The highest BCUT2D eigenvalue weighted by atomic mass is 32.2. The molecular formula is C12H10FNO2S2. The third-order valence-corrected chi connectivity index (χ3v) is 4.32. The van der Waals surface area contributed by atoms with Crippen LogP contribution in [0, 0.1) is 5.82 Å². The Hall–Kier alpha value is -1.53. The number of nitrogens with two attached hydrogens (primary N) is 1. The molecule has 0 amide bonds. The summed E-state index contributed by atoms with van der Waals surface area (Å²) in [4.78, 5) is 11.7. The van der Waals surface area contributed by atoms with E-state index in [4.69, 9.17) is 10.8 Å². The number of hydrogen-bond acceptors (Lipinski definition) is 4. The summed E-state index contributed by atoms with van der Waals surface area (Å²) >= 11 is 2.43. The quantitative estimate of drug-likeness (QED) is 0.666. The van der Waals surface area contributed by atoms with Gasteiger partial charge in [-0.3, -0.25) is 0 Å². The van der Waals surface area contributed by atoms with Gasteiger partial charge >= 0.3 is 5.97 Å². The summed E-state index contributed by atoms with van der Waals surface area (Å²) in [5, 5.41) is 10.7. The van der Waals surface area contributed by atoms with E-state index in [1.165, 1.54) is 29.2 Å². The molecule has 0 radical (unpaired) electrons. The second kappa shape index (κ2) is 5.41. The molecule has 18 heavy (non-hydrogen) atoms. The van der Waals surface area contributed by atoms with E-state index in [-0.39, 0.29) is 5.82 Å². The SMILES string of the molecule is Nc1ccc(SCc2ccsc2C(=O)O)c(F)c1. The summed E-state index contributed by atoms with van der Waals surface area (Å²) in [6.07, 6.45) is 0. The highest BCUT2D eigenvalue weighted by Gasteiger charge is 2.12. The molecule has 3 N–H and O–H groups in total. The van der Waals surface area contributed by atoms with Crippen molar-refractivity contribution in [3.63, 3.8) is 0 Å². The van der Waals surface area contributed by atoms with Crippen LogP contribution in [0.5, 0.6) is 0 Å². The second-order valence-corrected chi connectivity index (χ2v) is 5.49. The lowest BCUT2D eigenvalue weighted by Crippen LogP contribution is -1.96. The van der Waals surface area contributed by atoms with Gasteiger partial charge in [0, 0.05) is 16.3 Å². The molecule has 0 saturated carbocycles. The number of rotatable bonds is 4. The molecule has 0 spiro atoms. The van der Waals surface area contributed by atoms with Crippen LogP contribution in [0.1, 0.15) is 15.2 Å². The maximum Gasteiger partial charge on any atom is 0.346 e. The maximum absolute atomic E-state index is 13.5. The number of aromatic carboxylic acids is 1. The summed E-state index contributed by atoms with van der Waals surface area (Å²) in [5.41, 5.74) is 6.53. The number of thioether (sulfide) groups is 1. The van der Waals surface area contributed by atoms with E-state index in [2.05, 4.69) is 0 Å².